The van der Waals surface area contributed by atoms with Crippen molar-refractivity contribution in [2.75, 3.05) is 13.2 Å². The number of ether oxygens (including phenoxy) is 2. The number of nitrogens with one attached hydrogen (secondary N) is 1. The maximum absolute atomic E-state index is 13.1. The normalized spacial score (nSPS) is 10.2. The molecule has 0 aliphatic heterocycles. The molecule has 0 aliphatic rings. The summed E-state index contributed by atoms with van der Waals surface area (Å²) in [6, 6.07) is 7.26. The van der Waals surface area contributed by atoms with Gasteiger partial charge in [-0.25, -0.2) is 13.6 Å². The summed E-state index contributed by atoms with van der Waals surface area (Å²) in [5.74, 6) is -0.903. The molecule has 1 amide bonds. The van der Waals surface area contributed by atoms with Crippen LogP contribution in [0.4, 0.5) is 13.6 Å². The number of carboxylic acid groups (broad SMARTS) is 1. The topological polar surface area (TPSA) is 67.8 Å². The number of halogens is 3. The third-order valence-corrected chi connectivity index (χ3v) is 2.91. The van der Waals surface area contributed by atoms with E-state index in [9.17, 15) is 13.6 Å². The van der Waals surface area contributed by atoms with Crippen molar-refractivity contribution in [1.29, 1.82) is 0 Å². The van der Waals surface area contributed by atoms with Gasteiger partial charge in [-0.15, -0.1) is 0 Å². The van der Waals surface area contributed by atoms with Gasteiger partial charge in [0.2, 0.25) is 0 Å². The average Bonchev–Trinajstić information content (AvgIpc) is 2.44. The van der Waals surface area contributed by atoms with Gasteiger partial charge in [0.25, 0.3) is 0 Å². The first-order valence-electron chi connectivity index (χ1n) is 6.47. The summed E-state index contributed by atoms with van der Waals surface area (Å²) in [6.45, 7) is 0.202. The van der Waals surface area contributed by atoms with Crippen LogP contribution in [0, 0.1) is 11.6 Å². The van der Waals surface area contributed by atoms with Crippen molar-refractivity contribution in [2.24, 2.45) is 0 Å². The molecule has 0 spiro atoms. The molecule has 8 heteroatoms. The summed E-state index contributed by atoms with van der Waals surface area (Å²) < 4.78 is 36.8. The van der Waals surface area contributed by atoms with E-state index in [0.717, 1.165) is 18.2 Å². The molecular weight excluding hydrogens is 332 g/mol. The molecule has 5 nitrogen and oxygen atoms in total. The molecule has 0 heterocycles. The predicted molar refractivity (Wildman–Crippen MR) is 79.4 cm³/mol. The van der Waals surface area contributed by atoms with Crippen molar-refractivity contribution in [1.82, 2.24) is 5.32 Å². The first-order chi connectivity index (χ1) is 10.9. The van der Waals surface area contributed by atoms with Crippen molar-refractivity contribution in [3.63, 3.8) is 0 Å². The van der Waals surface area contributed by atoms with Crippen molar-refractivity contribution in [3.8, 4) is 17.2 Å². The lowest BCUT2D eigenvalue weighted by Crippen LogP contribution is -2.26. The molecule has 122 valence electrons. The smallest absolute Gasteiger partial charge is 0.404 e. The highest BCUT2D eigenvalue weighted by Gasteiger charge is 2.07. The molecule has 0 fully saturated rings. The number of carbonyl (C=O) groups is 1. The monoisotopic (exact) mass is 343 g/mol. The van der Waals surface area contributed by atoms with Crippen LogP contribution in [0.3, 0.4) is 0 Å². The van der Waals surface area contributed by atoms with Crippen molar-refractivity contribution < 1.29 is 28.2 Å². The summed E-state index contributed by atoms with van der Waals surface area (Å²) in [5, 5.41) is 10.8. The molecular formula is C15H12ClF2NO4. The predicted octanol–water partition coefficient (Wildman–Crippen LogP) is 4.06. The van der Waals surface area contributed by atoms with E-state index >= 15 is 0 Å². The summed E-state index contributed by atoms with van der Waals surface area (Å²) in [7, 11) is 0. The summed E-state index contributed by atoms with van der Waals surface area (Å²) >= 11 is 6.01. The second-order valence-corrected chi connectivity index (χ2v) is 4.79. The Bertz CT molecular complexity index is 692. The van der Waals surface area contributed by atoms with E-state index < -0.39 is 17.7 Å². The minimum absolute atomic E-state index is 0.00195. The Morgan fingerprint density at radius 1 is 1.13 bits per heavy atom. The maximum Gasteiger partial charge on any atom is 0.404 e. The summed E-state index contributed by atoms with van der Waals surface area (Å²) in [4.78, 5) is 10.3. The number of rotatable bonds is 6. The fourth-order valence-electron chi connectivity index (χ4n) is 1.70. The van der Waals surface area contributed by atoms with Gasteiger partial charge in [-0.05, 0) is 12.1 Å². The van der Waals surface area contributed by atoms with E-state index in [1.165, 1.54) is 18.2 Å². The maximum atomic E-state index is 13.1. The Morgan fingerprint density at radius 2 is 1.83 bits per heavy atom. The standard InChI is InChI=1S/C15H12ClF2NO4/c16-13-8-11(23-12-6-9(17)5-10(18)7-12)1-2-14(13)22-4-3-19-15(20)21/h1-2,5-8,19H,3-4H2,(H,20,21). The van der Waals surface area contributed by atoms with Crippen molar-refractivity contribution in [3.05, 3.63) is 53.1 Å². The van der Waals surface area contributed by atoms with Crippen LogP contribution in [0.2, 0.25) is 5.02 Å². The highest BCUT2D eigenvalue weighted by Crippen LogP contribution is 2.31. The van der Waals surface area contributed by atoms with Gasteiger partial charge in [0.15, 0.2) is 0 Å². The minimum atomic E-state index is -1.15. The Balaban J connectivity index is 1.99. The third kappa shape index (κ3) is 5.30. The van der Waals surface area contributed by atoms with Crippen LogP contribution in [0.5, 0.6) is 17.2 Å². The SMILES string of the molecule is O=C(O)NCCOc1ccc(Oc2cc(F)cc(F)c2)cc1Cl. The lowest BCUT2D eigenvalue weighted by Gasteiger charge is -2.10. The van der Waals surface area contributed by atoms with Crippen LogP contribution in [0.15, 0.2) is 36.4 Å². The van der Waals surface area contributed by atoms with E-state index in [1.54, 1.807) is 0 Å². The first kappa shape index (κ1) is 16.8. The number of benzene rings is 2. The zero-order valence-corrected chi connectivity index (χ0v) is 12.4. The van der Waals surface area contributed by atoms with Crippen molar-refractivity contribution >= 4 is 17.7 Å². The molecule has 2 aromatic carbocycles. The van der Waals surface area contributed by atoms with E-state index in [-0.39, 0.29) is 29.7 Å². The zero-order valence-electron chi connectivity index (χ0n) is 11.7. The molecule has 0 bridgehead atoms. The Hall–Kier alpha value is -2.54. The average molecular weight is 344 g/mol. The van der Waals surface area contributed by atoms with Crippen LogP contribution in [0.25, 0.3) is 0 Å². The van der Waals surface area contributed by atoms with Crippen LogP contribution in [-0.2, 0) is 0 Å². The van der Waals surface area contributed by atoms with Crippen molar-refractivity contribution in [2.45, 2.75) is 0 Å². The van der Waals surface area contributed by atoms with E-state index in [0.29, 0.717) is 5.75 Å². The van der Waals surface area contributed by atoms with Gasteiger partial charge in [0.1, 0.15) is 35.5 Å². The van der Waals surface area contributed by atoms with Crippen LogP contribution in [-0.4, -0.2) is 24.4 Å². The fraction of sp³-hybridized carbons (Fsp3) is 0.133. The molecule has 0 aliphatic carbocycles. The molecule has 0 radical (unpaired) electrons. The highest BCUT2D eigenvalue weighted by atomic mass is 35.5. The molecule has 0 unspecified atom stereocenters. The molecule has 2 N–H and O–H groups in total. The second kappa shape index (κ2) is 7.64. The lowest BCUT2D eigenvalue weighted by atomic mass is 10.3. The largest absolute Gasteiger partial charge is 0.490 e. The van der Waals surface area contributed by atoms with E-state index in [1.807, 2.05) is 0 Å². The molecule has 0 saturated heterocycles. The molecule has 23 heavy (non-hydrogen) atoms. The second-order valence-electron chi connectivity index (χ2n) is 4.38. The fourth-order valence-corrected chi connectivity index (χ4v) is 1.93. The Labute approximate surface area is 135 Å². The van der Waals surface area contributed by atoms with E-state index in [2.05, 4.69) is 5.32 Å². The Morgan fingerprint density at radius 3 is 2.43 bits per heavy atom. The highest BCUT2D eigenvalue weighted by molar-refractivity contribution is 6.32. The van der Waals surface area contributed by atoms with Gasteiger partial charge in [0, 0.05) is 24.3 Å². The molecule has 0 aromatic heterocycles. The molecule has 2 rings (SSSR count). The number of hydrogen-bond acceptors (Lipinski definition) is 3. The van der Waals surface area contributed by atoms with Crippen LogP contribution < -0.4 is 14.8 Å². The molecule has 0 saturated carbocycles. The third-order valence-electron chi connectivity index (χ3n) is 2.61. The molecule has 2 aromatic rings. The first-order valence-corrected chi connectivity index (χ1v) is 6.85. The van der Waals surface area contributed by atoms with Gasteiger partial charge in [-0.1, -0.05) is 11.6 Å². The summed E-state index contributed by atoms with van der Waals surface area (Å²) in [5.41, 5.74) is 0. The molecule has 0 atom stereocenters. The van der Waals surface area contributed by atoms with Gasteiger partial charge < -0.3 is 19.9 Å². The van der Waals surface area contributed by atoms with Gasteiger partial charge in [-0.2, -0.15) is 0 Å². The number of amides is 1. The van der Waals surface area contributed by atoms with Crippen LogP contribution in [0.1, 0.15) is 0 Å². The van der Waals surface area contributed by atoms with Gasteiger partial charge in [0.05, 0.1) is 11.6 Å². The number of hydrogen-bond donors (Lipinski definition) is 2. The minimum Gasteiger partial charge on any atom is -0.490 e. The Kier molecular flexibility index (Phi) is 5.59. The zero-order chi connectivity index (χ0) is 16.8. The lowest BCUT2D eigenvalue weighted by molar-refractivity contribution is 0.191. The van der Waals surface area contributed by atoms with E-state index in [4.69, 9.17) is 26.2 Å². The van der Waals surface area contributed by atoms with Gasteiger partial charge in [-0.3, -0.25) is 0 Å². The van der Waals surface area contributed by atoms with Crippen LogP contribution >= 0.6 is 11.6 Å². The summed E-state index contributed by atoms with van der Waals surface area (Å²) in [6.07, 6.45) is -1.15. The quantitative estimate of drug-likeness (QED) is 0.776. The van der Waals surface area contributed by atoms with Gasteiger partial charge >= 0.3 is 6.09 Å².